The van der Waals surface area contributed by atoms with Crippen LogP contribution >= 0.6 is 0 Å². The van der Waals surface area contributed by atoms with Crippen LogP contribution in [0.5, 0.6) is 11.5 Å². The molecular formula is C21H33N3O6S. The Bertz CT molecular complexity index is 872. The third-order valence-electron chi connectivity index (χ3n) is 4.93. The molecule has 0 bridgehead atoms. The lowest BCUT2D eigenvalue weighted by Gasteiger charge is -2.22. The van der Waals surface area contributed by atoms with Crippen LogP contribution in [0.3, 0.4) is 0 Å². The van der Waals surface area contributed by atoms with Gasteiger partial charge in [0.2, 0.25) is 21.8 Å². The first-order chi connectivity index (χ1) is 14.6. The first-order valence-electron chi connectivity index (χ1n) is 10.6. The fourth-order valence-corrected chi connectivity index (χ4v) is 4.26. The number of hydrogen-bond acceptors (Lipinski definition) is 6. The predicted molar refractivity (Wildman–Crippen MR) is 117 cm³/mol. The van der Waals surface area contributed by atoms with Gasteiger partial charge in [-0.15, -0.1) is 0 Å². The largest absolute Gasteiger partial charge is 0.490 e. The molecule has 0 aromatic heterocycles. The van der Waals surface area contributed by atoms with Gasteiger partial charge in [0.25, 0.3) is 0 Å². The van der Waals surface area contributed by atoms with Crippen LogP contribution in [0.1, 0.15) is 47.0 Å². The van der Waals surface area contributed by atoms with Crippen LogP contribution < -0.4 is 24.8 Å². The second-order valence-electron chi connectivity index (χ2n) is 7.92. The van der Waals surface area contributed by atoms with Crippen LogP contribution in [0.4, 0.5) is 0 Å². The van der Waals surface area contributed by atoms with Crippen molar-refractivity contribution in [1.29, 1.82) is 0 Å². The molecule has 10 heteroatoms. The summed E-state index contributed by atoms with van der Waals surface area (Å²) in [7, 11) is -3.98. The Hall–Kier alpha value is -2.33. The third-order valence-corrected chi connectivity index (χ3v) is 6.37. The molecule has 0 fully saturated rings. The van der Waals surface area contributed by atoms with E-state index in [9.17, 15) is 18.0 Å². The minimum atomic E-state index is -3.98. The van der Waals surface area contributed by atoms with Crippen LogP contribution in [0.2, 0.25) is 0 Å². The van der Waals surface area contributed by atoms with Crippen LogP contribution in [-0.4, -0.2) is 52.1 Å². The number of sulfonamides is 1. The molecule has 3 N–H and O–H groups in total. The normalized spacial score (nSPS) is 15.6. The molecule has 0 saturated carbocycles. The maximum Gasteiger partial charge on any atom is 0.241 e. The van der Waals surface area contributed by atoms with Crippen LogP contribution in [0.25, 0.3) is 0 Å². The maximum atomic E-state index is 12.9. The van der Waals surface area contributed by atoms with Crippen LogP contribution in [-0.2, 0) is 19.6 Å². The number of carbonyl (C=O) groups excluding carboxylic acids is 2. The average molecular weight is 456 g/mol. The molecule has 0 radical (unpaired) electrons. The van der Waals surface area contributed by atoms with Gasteiger partial charge in [-0.05, 0) is 31.4 Å². The van der Waals surface area contributed by atoms with Crippen molar-refractivity contribution in [3.8, 4) is 11.5 Å². The first kappa shape index (κ1) is 24.9. The lowest BCUT2D eigenvalue weighted by Crippen LogP contribution is -2.50. The number of rotatable bonds is 10. The molecule has 2 rings (SSSR count). The Kier molecular flexibility index (Phi) is 9.12. The van der Waals surface area contributed by atoms with E-state index in [0.717, 1.165) is 6.42 Å². The molecule has 0 aliphatic carbocycles. The van der Waals surface area contributed by atoms with E-state index in [1.54, 1.807) is 19.9 Å². The molecule has 1 aromatic carbocycles. The zero-order valence-electron chi connectivity index (χ0n) is 18.6. The van der Waals surface area contributed by atoms with Gasteiger partial charge in [0.05, 0.1) is 18.1 Å². The number of nitrogens with one attached hydrogen (secondary N) is 3. The topological polar surface area (TPSA) is 123 Å². The average Bonchev–Trinajstić information content (AvgIpc) is 2.96. The lowest BCUT2D eigenvalue weighted by atomic mass is 10.1. The Morgan fingerprint density at radius 3 is 2.42 bits per heavy atom. The molecule has 1 aliphatic rings. The summed E-state index contributed by atoms with van der Waals surface area (Å²) in [6.45, 7) is 8.42. The van der Waals surface area contributed by atoms with Gasteiger partial charge in [0.15, 0.2) is 11.5 Å². The van der Waals surface area contributed by atoms with Gasteiger partial charge in [-0.1, -0.05) is 20.8 Å². The molecule has 2 amide bonds. The van der Waals surface area contributed by atoms with E-state index in [1.807, 2.05) is 13.8 Å². The van der Waals surface area contributed by atoms with E-state index in [-0.39, 0.29) is 35.7 Å². The fraction of sp³-hybridized carbons (Fsp3) is 0.619. The molecule has 1 aromatic rings. The number of fused-ring (bicyclic) bond motifs is 1. The Labute approximate surface area is 184 Å². The molecule has 9 nitrogen and oxygen atoms in total. The molecule has 2 atom stereocenters. The smallest absolute Gasteiger partial charge is 0.241 e. The van der Waals surface area contributed by atoms with Gasteiger partial charge in [-0.2, -0.15) is 4.72 Å². The molecule has 174 valence electrons. The molecular weight excluding hydrogens is 422 g/mol. The predicted octanol–water partition coefficient (Wildman–Crippen LogP) is 1.57. The maximum absolute atomic E-state index is 12.9. The van der Waals surface area contributed by atoms with E-state index in [2.05, 4.69) is 15.4 Å². The third kappa shape index (κ3) is 7.39. The summed E-state index contributed by atoms with van der Waals surface area (Å²) in [6.07, 6.45) is 1.64. The van der Waals surface area contributed by atoms with E-state index < -0.39 is 22.0 Å². The van der Waals surface area contributed by atoms with Gasteiger partial charge in [0, 0.05) is 31.5 Å². The van der Waals surface area contributed by atoms with Crippen molar-refractivity contribution in [2.45, 2.75) is 63.9 Å². The zero-order valence-corrected chi connectivity index (χ0v) is 19.4. The highest BCUT2D eigenvalue weighted by Gasteiger charge is 2.29. The van der Waals surface area contributed by atoms with E-state index in [1.165, 1.54) is 12.1 Å². The Balaban J connectivity index is 2.02. The van der Waals surface area contributed by atoms with Crippen molar-refractivity contribution < 1.29 is 27.5 Å². The molecule has 2 unspecified atom stereocenters. The van der Waals surface area contributed by atoms with Gasteiger partial charge < -0.3 is 20.1 Å². The first-order valence-corrected chi connectivity index (χ1v) is 12.1. The summed E-state index contributed by atoms with van der Waals surface area (Å²) in [5, 5.41) is 5.47. The van der Waals surface area contributed by atoms with Gasteiger partial charge in [-0.25, -0.2) is 8.42 Å². The van der Waals surface area contributed by atoms with Crippen molar-refractivity contribution in [3.05, 3.63) is 18.2 Å². The number of hydrogen-bond donors (Lipinski definition) is 3. The van der Waals surface area contributed by atoms with E-state index >= 15 is 0 Å². The van der Waals surface area contributed by atoms with E-state index in [0.29, 0.717) is 31.1 Å². The second kappa shape index (κ2) is 11.3. The highest BCUT2D eigenvalue weighted by atomic mass is 32.2. The highest BCUT2D eigenvalue weighted by Crippen LogP contribution is 2.32. The van der Waals surface area contributed by atoms with Crippen molar-refractivity contribution in [1.82, 2.24) is 15.4 Å². The van der Waals surface area contributed by atoms with E-state index in [4.69, 9.17) is 9.47 Å². The number of amides is 2. The second-order valence-corrected chi connectivity index (χ2v) is 9.63. The monoisotopic (exact) mass is 455 g/mol. The van der Waals surface area contributed by atoms with Crippen molar-refractivity contribution in [2.24, 2.45) is 5.92 Å². The van der Waals surface area contributed by atoms with Gasteiger partial charge >= 0.3 is 0 Å². The summed E-state index contributed by atoms with van der Waals surface area (Å²) in [4.78, 5) is 24.5. The molecule has 0 spiro atoms. The summed E-state index contributed by atoms with van der Waals surface area (Å²) >= 11 is 0. The van der Waals surface area contributed by atoms with Gasteiger partial charge in [-0.3, -0.25) is 9.59 Å². The standard InChI is InChI=1S/C21H33N3O6S/c1-5-15(4)23-19(25)9-10-22-21(26)20(14(2)3)24-31(27,28)16-7-8-17-18(13-16)30-12-6-11-29-17/h7-8,13-15,20,24H,5-6,9-12H2,1-4H3,(H,22,26)(H,23,25). The number of carbonyl (C=O) groups is 2. The summed E-state index contributed by atoms with van der Waals surface area (Å²) in [6, 6.07) is 3.45. The molecule has 1 aliphatic heterocycles. The van der Waals surface area contributed by atoms with Crippen LogP contribution in [0.15, 0.2) is 23.1 Å². The van der Waals surface area contributed by atoms with Crippen molar-refractivity contribution in [3.63, 3.8) is 0 Å². The quantitative estimate of drug-likeness (QED) is 0.492. The lowest BCUT2D eigenvalue weighted by molar-refractivity contribution is -0.124. The van der Waals surface area contributed by atoms with Gasteiger partial charge in [0.1, 0.15) is 6.04 Å². The Morgan fingerprint density at radius 1 is 1.10 bits per heavy atom. The minimum Gasteiger partial charge on any atom is -0.490 e. The SMILES string of the molecule is CCC(C)NC(=O)CCNC(=O)C(NS(=O)(=O)c1ccc2c(c1)OCCCO2)C(C)C. The molecule has 1 heterocycles. The van der Waals surface area contributed by atoms with Crippen molar-refractivity contribution >= 4 is 21.8 Å². The number of ether oxygens (including phenoxy) is 2. The zero-order chi connectivity index (χ0) is 23.0. The molecule has 31 heavy (non-hydrogen) atoms. The minimum absolute atomic E-state index is 0.0110. The molecule has 0 saturated heterocycles. The van der Waals surface area contributed by atoms with Crippen LogP contribution in [0, 0.1) is 5.92 Å². The Morgan fingerprint density at radius 2 is 1.77 bits per heavy atom. The summed E-state index contributed by atoms with van der Waals surface area (Å²) < 4.78 is 39.4. The van der Waals surface area contributed by atoms with Crippen molar-refractivity contribution in [2.75, 3.05) is 19.8 Å². The summed E-state index contributed by atoms with van der Waals surface area (Å²) in [5.41, 5.74) is 0. The summed E-state index contributed by atoms with van der Waals surface area (Å²) in [5.74, 6) is -0.0968. The number of benzene rings is 1. The highest BCUT2D eigenvalue weighted by molar-refractivity contribution is 7.89. The fourth-order valence-electron chi connectivity index (χ4n) is 2.90.